The molecule has 0 unspecified atom stereocenters. The van der Waals surface area contributed by atoms with Crippen LogP contribution >= 0.6 is 15.9 Å². The maximum atomic E-state index is 5.00. The first-order chi connectivity index (χ1) is 8.28. The van der Waals surface area contributed by atoms with Crippen LogP contribution in [-0.2, 0) is 0 Å². The second-order valence-electron chi connectivity index (χ2n) is 3.18. The highest BCUT2D eigenvalue weighted by molar-refractivity contribution is 9.10. The molecule has 0 aliphatic rings. The molecule has 0 spiro atoms. The molecule has 84 valence electrons. The van der Waals surface area contributed by atoms with Gasteiger partial charge >= 0.3 is 0 Å². The van der Waals surface area contributed by atoms with Crippen LogP contribution in [0.1, 0.15) is 11.4 Å². The third-order valence-electron chi connectivity index (χ3n) is 2.00. The van der Waals surface area contributed by atoms with E-state index < -0.39 is 0 Å². The molecule has 0 aliphatic heterocycles. The molecule has 0 bridgehead atoms. The molecule has 0 amide bonds. The van der Waals surface area contributed by atoms with E-state index in [0.717, 1.165) is 10.0 Å². The summed E-state index contributed by atoms with van der Waals surface area (Å²) in [6.45, 7) is 0. The monoisotopic (exact) mass is 288 g/mol. The maximum absolute atomic E-state index is 5.00. The molecular weight excluding hydrogens is 280 g/mol. The van der Waals surface area contributed by atoms with Crippen molar-refractivity contribution in [2.24, 2.45) is 0 Å². The standard InChI is InChI=1S/C13H9BrN2O/c1-17-13-8-9-15-12(16-13)7-4-10-2-5-11(14)6-3-10/h2-3,5-6,8-9H,1H3. The molecule has 1 heterocycles. The molecule has 17 heavy (non-hydrogen) atoms. The summed E-state index contributed by atoms with van der Waals surface area (Å²) in [5, 5.41) is 0. The van der Waals surface area contributed by atoms with Gasteiger partial charge < -0.3 is 4.74 Å². The molecule has 4 heteroatoms. The summed E-state index contributed by atoms with van der Waals surface area (Å²) in [4.78, 5) is 8.15. The molecule has 3 nitrogen and oxygen atoms in total. The van der Waals surface area contributed by atoms with Crippen molar-refractivity contribution >= 4 is 15.9 Å². The van der Waals surface area contributed by atoms with Crippen molar-refractivity contribution in [2.45, 2.75) is 0 Å². The van der Waals surface area contributed by atoms with Crippen LogP contribution in [-0.4, -0.2) is 17.1 Å². The van der Waals surface area contributed by atoms with Crippen molar-refractivity contribution in [3.8, 4) is 17.7 Å². The molecule has 0 atom stereocenters. The number of hydrogen-bond donors (Lipinski definition) is 0. The van der Waals surface area contributed by atoms with E-state index in [1.54, 1.807) is 19.4 Å². The van der Waals surface area contributed by atoms with E-state index in [1.165, 1.54) is 0 Å². The van der Waals surface area contributed by atoms with E-state index in [0.29, 0.717) is 11.7 Å². The van der Waals surface area contributed by atoms with Gasteiger partial charge in [0.1, 0.15) is 0 Å². The third-order valence-corrected chi connectivity index (χ3v) is 2.53. The molecular formula is C13H9BrN2O. The predicted octanol–water partition coefficient (Wildman–Crippen LogP) is 2.65. The van der Waals surface area contributed by atoms with E-state index in [1.807, 2.05) is 24.3 Å². The first-order valence-corrected chi connectivity index (χ1v) is 5.72. The summed E-state index contributed by atoms with van der Waals surface area (Å²) >= 11 is 3.37. The second kappa shape index (κ2) is 5.46. The van der Waals surface area contributed by atoms with Crippen molar-refractivity contribution in [3.05, 3.63) is 52.4 Å². The Kier molecular flexibility index (Phi) is 3.73. The maximum Gasteiger partial charge on any atom is 0.217 e. The van der Waals surface area contributed by atoms with Gasteiger partial charge in [-0.15, -0.1) is 0 Å². The average Bonchev–Trinajstić information content (AvgIpc) is 2.38. The minimum atomic E-state index is 0.451. The lowest BCUT2D eigenvalue weighted by Gasteiger charge is -1.96. The Morgan fingerprint density at radius 2 is 1.88 bits per heavy atom. The van der Waals surface area contributed by atoms with Crippen LogP contribution in [0.25, 0.3) is 0 Å². The Hall–Kier alpha value is -1.86. The van der Waals surface area contributed by atoms with Crippen LogP contribution in [0, 0.1) is 11.8 Å². The van der Waals surface area contributed by atoms with E-state index in [2.05, 4.69) is 37.7 Å². The number of methoxy groups -OCH3 is 1. The Labute approximate surface area is 108 Å². The van der Waals surface area contributed by atoms with Crippen LogP contribution in [0.15, 0.2) is 41.0 Å². The van der Waals surface area contributed by atoms with Gasteiger partial charge in [-0.05, 0) is 30.2 Å². The lowest BCUT2D eigenvalue weighted by Crippen LogP contribution is -1.92. The number of halogens is 1. The van der Waals surface area contributed by atoms with Gasteiger partial charge in [0.15, 0.2) is 0 Å². The van der Waals surface area contributed by atoms with Gasteiger partial charge in [-0.2, -0.15) is 4.98 Å². The summed E-state index contributed by atoms with van der Waals surface area (Å²) in [6.07, 6.45) is 1.62. The van der Waals surface area contributed by atoms with Crippen molar-refractivity contribution < 1.29 is 4.74 Å². The number of aromatic nitrogens is 2. The molecule has 0 radical (unpaired) electrons. The van der Waals surface area contributed by atoms with Crippen molar-refractivity contribution in [2.75, 3.05) is 7.11 Å². The van der Waals surface area contributed by atoms with Crippen LogP contribution in [0.2, 0.25) is 0 Å². The average molecular weight is 289 g/mol. The van der Waals surface area contributed by atoms with Crippen LogP contribution < -0.4 is 4.74 Å². The summed E-state index contributed by atoms with van der Waals surface area (Å²) in [6, 6.07) is 9.42. The topological polar surface area (TPSA) is 35.0 Å². The minimum Gasteiger partial charge on any atom is -0.481 e. The van der Waals surface area contributed by atoms with Crippen molar-refractivity contribution in [3.63, 3.8) is 0 Å². The Balaban J connectivity index is 2.23. The highest BCUT2D eigenvalue weighted by atomic mass is 79.9. The van der Waals surface area contributed by atoms with Gasteiger partial charge in [0, 0.05) is 22.3 Å². The van der Waals surface area contributed by atoms with Crippen LogP contribution in [0.5, 0.6) is 5.88 Å². The fourth-order valence-electron chi connectivity index (χ4n) is 1.18. The molecule has 0 saturated carbocycles. The van der Waals surface area contributed by atoms with Gasteiger partial charge in [-0.25, -0.2) is 4.98 Å². The Morgan fingerprint density at radius 1 is 1.12 bits per heavy atom. The van der Waals surface area contributed by atoms with Gasteiger partial charge in [-0.3, -0.25) is 0 Å². The van der Waals surface area contributed by atoms with Crippen LogP contribution in [0.4, 0.5) is 0 Å². The third kappa shape index (κ3) is 3.30. The fourth-order valence-corrected chi connectivity index (χ4v) is 1.44. The first kappa shape index (κ1) is 11.6. The Bertz CT molecular complexity index is 570. The SMILES string of the molecule is COc1ccnc(C#Cc2ccc(Br)cc2)n1. The zero-order valence-corrected chi connectivity index (χ0v) is 10.7. The highest BCUT2D eigenvalue weighted by Gasteiger charge is 1.94. The normalized spacial score (nSPS) is 9.29. The van der Waals surface area contributed by atoms with Gasteiger partial charge in [0.2, 0.25) is 11.7 Å². The van der Waals surface area contributed by atoms with E-state index in [4.69, 9.17) is 4.74 Å². The van der Waals surface area contributed by atoms with Crippen LogP contribution in [0.3, 0.4) is 0 Å². The Morgan fingerprint density at radius 3 is 2.59 bits per heavy atom. The van der Waals surface area contributed by atoms with E-state index in [9.17, 15) is 0 Å². The molecule has 0 N–H and O–H groups in total. The molecule has 1 aromatic heterocycles. The number of rotatable bonds is 1. The molecule has 0 saturated heterocycles. The molecule has 2 rings (SSSR count). The predicted molar refractivity (Wildman–Crippen MR) is 68.7 cm³/mol. The van der Waals surface area contributed by atoms with E-state index in [-0.39, 0.29) is 0 Å². The second-order valence-corrected chi connectivity index (χ2v) is 4.10. The molecule has 0 fully saturated rings. The summed E-state index contributed by atoms with van der Waals surface area (Å²) in [5.41, 5.74) is 0.916. The lowest BCUT2D eigenvalue weighted by atomic mass is 10.2. The smallest absolute Gasteiger partial charge is 0.217 e. The van der Waals surface area contributed by atoms with E-state index >= 15 is 0 Å². The number of hydrogen-bond acceptors (Lipinski definition) is 3. The number of nitrogens with zero attached hydrogens (tertiary/aromatic N) is 2. The zero-order valence-electron chi connectivity index (χ0n) is 9.14. The highest BCUT2D eigenvalue weighted by Crippen LogP contribution is 2.09. The number of benzene rings is 1. The van der Waals surface area contributed by atoms with Gasteiger partial charge in [0.25, 0.3) is 0 Å². The van der Waals surface area contributed by atoms with Crippen molar-refractivity contribution in [1.29, 1.82) is 0 Å². The summed E-state index contributed by atoms with van der Waals surface area (Å²) in [5.74, 6) is 6.84. The van der Waals surface area contributed by atoms with Gasteiger partial charge in [-0.1, -0.05) is 21.9 Å². The molecule has 2 aromatic rings. The molecule has 1 aromatic carbocycles. The molecule has 0 aliphatic carbocycles. The zero-order chi connectivity index (χ0) is 12.1. The van der Waals surface area contributed by atoms with Crippen molar-refractivity contribution in [1.82, 2.24) is 9.97 Å². The summed E-state index contributed by atoms with van der Waals surface area (Å²) < 4.78 is 6.03. The fraction of sp³-hybridized carbons (Fsp3) is 0.0769. The summed E-state index contributed by atoms with van der Waals surface area (Å²) in [7, 11) is 1.56. The minimum absolute atomic E-state index is 0.451. The largest absolute Gasteiger partial charge is 0.481 e. The quantitative estimate of drug-likeness (QED) is 0.757. The number of ether oxygens (including phenoxy) is 1. The van der Waals surface area contributed by atoms with Gasteiger partial charge in [0.05, 0.1) is 7.11 Å². The first-order valence-electron chi connectivity index (χ1n) is 4.92. The lowest BCUT2D eigenvalue weighted by molar-refractivity contribution is 0.396.